The number of rotatable bonds is 3. The summed E-state index contributed by atoms with van der Waals surface area (Å²) in [6.45, 7) is 5.88. The SMILES string of the molecule is C=C(C)[C@@H]1Cc2c(ccc3c2O[C@H]2COc4cc(OC)c(OC)cc4[C@@]2(O)C3=O)O1. The highest BCUT2D eigenvalue weighted by atomic mass is 16.6. The Labute approximate surface area is 173 Å². The molecule has 5 rings (SSSR count). The van der Waals surface area contributed by atoms with Crippen LogP contribution in [0.15, 0.2) is 36.4 Å². The fraction of sp³-hybridized carbons (Fsp3) is 0.348. The van der Waals surface area contributed by atoms with Crippen LogP contribution in [0.1, 0.15) is 28.4 Å². The van der Waals surface area contributed by atoms with E-state index >= 15 is 0 Å². The van der Waals surface area contributed by atoms with E-state index in [4.69, 9.17) is 23.7 Å². The average molecular weight is 410 g/mol. The van der Waals surface area contributed by atoms with Gasteiger partial charge >= 0.3 is 0 Å². The van der Waals surface area contributed by atoms with Gasteiger partial charge in [0.1, 0.15) is 30.0 Å². The molecule has 0 aromatic heterocycles. The third-order valence-corrected chi connectivity index (χ3v) is 6.03. The molecule has 30 heavy (non-hydrogen) atoms. The Morgan fingerprint density at radius 1 is 1.17 bits per heavy atom. The lowest BCUT2D eigenvalue weighted by molar-refractivity contribution is -0.0802. The van der Waals surface area contributed by atoms with Crippen molar-refractivity contribution in [3.05, 3.63) is 53.1 Å². The number of ketones is 1. The summed E-state index contributed by atoms with van der Waals surface area (Å²) in [5, 5.41) is 11.6. The average Bonchev–Trinajstić information content (AvgIpc) is 3.19. The van der Waals surface area contributed by atoms with E-state index in [1.54, 1.807) is 24.3 Å². The molecule has 2 aromatic rings. The van der Waals surface area contributed by atoms with Gasteiger partial charge in [-0.2, -0.15) is 0 Å². The first-order valence-corrected chi connectivity index (χ1v) is 9.69. The summed E-state index contributed by atoms with van der Waals surface area (Å²) >= 11 is 0. The molecule has 3 aliphatic rings. The van der Waals surface area contributed by atoms with Crippen molar-refractivity contribution in [3.63, 3.8) is 0 Å². The number of ether oxygens (including phenoxy) is 5. The van der Waals surface area contributed by atoms with Gasteiger partial charge in [0.25, 0.3) is 0 Å². The van der Waals surface area contributed by atoms with E-state index in [1.165, 1.54) is 14.2 Å². The molecule has 0 saturated carbocycles. The second kappa shape index (κ2) is 6.40. The Morgan fingerprint density at radius 3 is 2.60 bits per heavy atom. The highest BCUT2D eigenvalue weighted by molar-refractivity contribution is 6.07. The summed E-state index contributed by atoms with van der Waals surface area (Å²) in [6.07, 6.45) is -0.501. The van der Waals surface area contributed by atoms with Crippen molar-refractivity contribution in [2.45, 2.75) is 31.2 Å². The summed E-state index contributed by atoms with van der Waals surface area (Å²) < 4.78 is 28.6. The van der Waals surface area contributed by atoms with Crippen molar-refractivity contribution in [1.29, 1.82) is 0 Å². The smallest absolute Gasteiger partial charge is 0.206 e. The number of aliphatic hydroxyl groups is 1. The van der Waals surface area contributed by atoms with Crippen LogP contribution in [0.5, 0.6) is 28.7 Å². The maximum Gasteiger partial charge on any atom is 0.206 e. The molecule has 0 radical (unpaired) electrons. The molecule has 3 aliphatic heterocycles. The number of carbonyl (C=O) groups is 1. The van der Waals surface area contributed by atoms with Gasteiger partial charge in [-0.25, -0.2) is 0 Å². The first-order chi connectivity index (χ1) is 14.4. The molecule has 3 atom stereocenters. The second-order valence-corrected chi connectivity index (χ2v) is 7.79. The topological polar surface area (TPSA) is 83.5 Å². The minimum absolute atomic E-state index is 0.0125. The maximum atomic E-state index is 13.6. The lowest BCUT2D eigenvalue weighted by Gasteiger charge is -2.43. The van der Waals surface area contributed by atoms with E-state index in [-0.39, 0.29) is 12.7 Å². The van der Waals surface area contributed by atoms with Gasteiger partial charge in [-0.05, 0) is 30.7 Å². The minimum atomic E-state index is -1.90. The standard InChI is InChI=1S/C23H22O7/c1-11(2)16-7-13-15(29-16)6-5-12-21(13)30-20-10-28-17-9-19(27-4)18(26-3)8-14(17)23(20,25)22(12)24/h5-6,8-9,16,20,25H,1,7,10H2,2-4H3/t16-,20-,23-/m0/s1. The van der Waals surface area contributed by atoms with Crippen LogP contribution in [-0.2, 0) is 12.0 Å². The van der Waals surface area contributed by atoms with Crippen molar-refractivity contribution in [1.82, 2.24) is 0 Å². The fourth-order valence-electron chi connectivity index (χ4n) is 4.35. The van der Waals surface area contributed by atoms with Crippen molar-refractivity contribution in [2.24, 2.45) is 0 Å². The van der Waals surface area contributed by atoms with E-state index in [2.05, 4.69) is 6.58 Å². The molecular formula is C23H22O7. The van der Waals surface area contributed by atoms with Gasteiger partial charge in [0.05, 0.1) is 19.8 Å². The highest BCUT2D eigenvalue weighted by Crippen LogP contribution is 2.51. The van der Waals surface area contributed by atoms with E-state index in [1.807, 2.05) is 6.92 Å². The molecule has 2 aromatic carbocycles. The molecule has 1 N–H and O–H groups in total. The monoisotopic (exact) mass is 410 g/mol. The van der Waals surface area contributed by atoms with Gasteiger partial charge in [0.15, 0.2) is 23.2 Å². The number of fused-ring (bicyclic) bond motifs is 6. The lowest BCUT2D eigenvalue weighted by Crippen LogP contribution is -2.57. The van der Waals surface area contributed by atoms with Crippen LogP contribution in [0.4, 0.5) is 0 Å². The third-order valence-electron chi connectivity index (χ3n) is 6.03. The first kappa shape index (κ1) is 18.8. The normalized spacial score (nSPS) is 25.5. The molecule has 0 aliphatic carbocycles. The zero-order valence-electron chi connectivity index (χ0n) is 17.0. The van der Waals surface area contributed by atoms with Crippen LogP contribution in [0, 0.1) is 0 Å². The van der Waals surface area contributed by atoms with Crippen molar-refractivity contribution in [2.75, 3.05) is 20.8 Å². The van der Waals surface area contributed by atoms with Gasteiger partial charge in [-0.1, -0.05) is 6.58 Å². The molecule has 0 spiro atoms. The molecule has 0 amide bonds. The minimum Gasteiger partial charge on any atom is -0.493 e. The maximum absolute atomic E-state index is 13.6. The number of hydrogen-bond acceptors (Lipinski definition) is 7. The van der Waals surface area contributed by atoms with Crippen molar-refractivity contribution >= 4 is 5.78 Å². The van der Waals surface area contributed by atoms with E-state index < -0.39 is 17.5 Å². The zero-order valence-corrected chi connectivity index (χ0v) is 17.0. The predicted octanol–water partition coefficient (Wildman–Crippen LogP) is 2.81. The number of benzene rings is 2. The quantitative estimate of drug-likeness (QED) is 0.779. The van der Waals surface area contributed by atoms with Crippen LogP contribution in [0.25, 0.3) is 0 Å². The molecule has 156 valence electrons. The summed E-state index contributed by atoms with van der Waals surface area (Å²) in [5.41, 5.74) is 0.426. The second-order valence-electron chi connectivity index (χ2n) is 7.79. The van der Waals surface area contributed by atoms with Crippen molar-refractivity contribution in [3.8, 4) is 28.7 Å². The number of hydrogen-bond donors (Lipinski definition) is 1. The third kappa shape index (κ3) is 2.38. The van der Waals surface area contributed by atoms with Crippen LogP contribution in [-0.4, -0.2) is 43.9 Å². The highest BCUT2D eigenvalue weighted by Gasteiger charge is 2.56. The molecule has 0 unspecified atom stereocenters. The zero-order chi connectivity index (χ0) is 21.2. The van der Waals surface area contributed by atoms with Crippen LogP contribution in [0.3, 0.4) is 0 Å². The van der Waals surface area contributed by atoms with E-state index in [0.29, 0.717) is 46.3 Å². The Hall–Kier alpha value is -3.19. The van der Waals surface area contributed by atoms with Gasteiger partial charge in [-0.3, -0.25) is 4.79 Å². The Morgan fingerprint density at radius 2 is 1.90 bits per heavy atom. The number of carbonyl (C=O) groups excluding carboxylic acids is 1. The molecule has 0 bridgehead atoms. The molecular weight excluding hydrogens is 388 g/mol. The number of methoxy groups -OCH3 is 2. The molecule has 7 heteroatoms. The van der Waals surface area contributed by atoms with E-state index in [0.717, 1.165) is 11.1 Å². The van der Waals surface area contributed by atoms with E-state index in [9.17, 15) is 9.90 Å². The summed E-state index contributed by atoms with van der Waals surface area (Å²) in [6, 6.07) is 6.57. The van der Waals surface area contributed by atoms with Crippen molar-refractivity contribution < 1.29 is 33.6 Å². The van der Waals surface area contributed by atoms with Gasteiger partial charge < -0.3 is 28.8 Å². The largest absolute Gasteiger partial charge is 0.493 e. The number of Topliss-reactive ketones (excluding diaryl/α,β-unsaturated/α-hetero) is 1. The summed E-state index contributed by atoms with van der Waals surface area (Å²) in [5.74, 6) is 1.88. The molecule has 3 heterocycles. The van der Waals surface area contributed by atoms with Gasteiger partial charge in [0.2, 0.25) is 5.78 Å². The first-order valence-electron chi connectivity index (χ1n) is 9.69. The van der Waals surface area contributed by atoms with Crippen LogP contribution >= 0.6 is 0 Å². The van der Waals surface area contributed by atoms with Crippen LogP contribution in [0.2, 0.25) is 0 Å². The summed E-state index contributed by atoms with van der Waals surface area (Å²) in [4.78, 5) is 13.6. The Balaban J connectivity index is 1.63. The lowest BCUT2D eigenvalue weighted by atomic mass is 9.77. The van der Waals surface area contributed by atoms with Gasteiger partial charge in [-0.15, -0.1) is 0 Å². The summed E-state index contributed by atoms with van der Waals surface area (Å²) in [7, 11) is 3.00. The fourth-order valence-corrected chi connectivity index (χ4v) is 4.35. The molecule has 7 nitrogen and oxygen atoms in total. The Kier molecular flexibility index (Phi) is 4.02. The van der Waals surface area contributed by atoms with Gasteiger partial charge in [0, 0.05) is 23.6 Å². The predicted molar refractivity (Wildman–Crippen MR) is 107 cm³/mol. The Bertz CT molecular complexity index is 1090. The molecule has 0 fully saturated rings. The van der Waals surface area contributed by atoms with Crippen LogP contribution < -0.4 is 23.7 Å². The molecule has 0 saturated heterocycles.